The van der Waals surface area contributed by atoms with Crippen molar-refractivity contribution in [3.63, 3.8) is 0 Å². The summed E-state index contributed by atoms with van der Waals surface area (Å²) in [5.41, 5.74) is 1.54. The van der Waals surface area contributed by atoms with E-state index < -0.39 is 5.82 Å². The van der Waals surface area contributed by atoms with Crippen molar-refractivity contribution in [3.8, 4) is 17.2 Å². The zero-order valence-corrected chi connectivity index (χ0v) is 17.6. The molecular formula is C21H22ClFN6. The molecule has 0 fully saturated rings. The van der Waals surface area contributed by atoms with E-state index in [4.69, 9.17) is 16.9 Å². The first-order chi connectivity index (χ1) is 13.8. The van der Waals surface area contributed by atoms with Gasteiger partial charge in [-0.2, -0.15) is 24.8 Å². The van der Waals surface area contributed by atoms with Crippen molar-refractivity contribution < 1.29 is 4.39 Å². The second-order valence-electron chi connectivity index (χ2n) is 7.26. The Morgan fingerprint density at radius 2 is 2.07 bits per heavy atom. The Balaban J connectivity index is 2.43. The van der Waals surface area contributed by atoms with Gasteiger partial charge in [0.15, 0.2) is 0 Å². The number of halogens is 2. The molecule has 0 unspecified atom stereocenters. The number of hydrogen-bond donors (Lipinski definition) is 0. The van der Waals surface area contributed by atoms with E-state index in [0.29, 0.717) is 40.7 Å². The Labute approximate surface area is 174 Å². The van der Waals surface area contributed by atoms with E-state index >= 15 is 4.39 Å². The van der Waals surface area contributed by atoms with Gasteiger partial charge in [0.25, 0.3) is 5.78 Å². The quantitative estimate of drug-likeness (QED) is 0.429. The van der Waals surface area contributed by atoms with E-state index in [1.807, 2.05) is 6.07 Å². The van der Waals surface area contributed by atoms with E-state index in [1.165, 1.54) is 12.4 Å². The molecule has 0 aliphatic heterocycles. The maximum Gasteiger partial charge on any atom is 0.255 e. The summed E-state index contributed by atoms with van der Waals surface area (Å²) in [7, 11) is 0. The Hall–Kier alpha value is -2.98. The molecule has 0 aliphatic rings. The summed E-state index contributed by atoms with van der Waals surface area (Å²) in [6.07, 6.45) is 3.17. The molecule has 6 nitrogen and oxygen atoms in total. The molecule has 0 radical (unpaired) electrons. The molecule has 0 amide bonds. The average Bonchev–Trinajstić information content (AvgIpc) is 3.13. The van der Waals surface area contributed by atoms with Gasteiger partial charge in [-0.05, 0) is 37.5 Å². The van der Waals surface area contributed by atoms with Crippen LogP contribution in [0.2, 0.25) is 5.15 Å². The number of nitriles is 1. The number of aromatic nitrogens is 4. The van der Waals surface area contributed by atoms with Gasteiger partial charge in [0.2, 0.25) is 0 Å². The van der Waals surface area contributed by atoms with Crippen LogP contribution in [0.4, 0.5) is 10.2 Å². The fourth-order valence-electron chi connectivity index (χ4n) is 3.35. The average molecular weight is 413 g/mol. The minimum Gasteiger partial charge on any atom is -0.349 e. The first kappa shape index (κ1) is 20.7. The Morgan fingerprint density at radius 3 is 2.66 bits per heavy atom. The summed E-state index contributed by atoms with van der Waals surface area (Å²) in [6, 6.07) is 4.89. The molecule has 8 heteroatoms. The number of aryl methyl sites for hydroxylation is 1. The van der Waals surface area contributed by atoms with Crippen molar-refractivity contribution >= 4 is 23.2 Å². The zero-order chi connectivity index (χ0) is 21.3. The van der Waals surface area contributed by atoms with Crippen LogP contribution in [0.5, 0.6) is 0 Å². The third kappa shape index (κ3) is 3.68. The van der Waals surface area contributed by atoms with Crippen molar-refractivity contribution in [1.29, 1.82) is 5.26 Å². The molecule has 2 aromatic heterocycles. The maximum absolute atomic E-state index is 15.2. The summed E-state index contributed by atoms with van der Waals surface area (Å²) < 4.78 is 16.7. The van der Waals surface area contributed by atoms with E-state index in [2.05, 4.69) is 47.3 Å². The van der Waals surface area contributed by atoms with Crippen molar-refractivity contribution in [3.05, 3.63) is 53.2 Å². The lowest BCUT2D eigenvalue weighted by Crippen LogP contribution is -2.39. The minimum absolute atomic E-state index is 0.0689. The van der Waals surface area contributed by atoms with E-state index in [1.54, 1.807) is 23.6 Å². The van der Waals surface area contributed by atoms with Crippen LogP contribution in [0.3, 0.4) is 0 Å². The molecular weight excluding hydrogens is 391 g/mol. The Kier molecular flexibility index (Phi) is 5.85. The Bertz CT molecular complexity index is 1090. The van der Waals surface area contributed by atoms with Crippen LogP contribution in [0.1, 0.15) is 31.9 Å². The summed E-state index contributed by atoms with van der Waals surface area (Å²) in [5.74, 6) is 0.665. The van der Waals surface area contributed by atoms with Crippen molar-refractivity contribution in [2.75, 3.05) is 11.4 Å². The van der Waals surface area contributed by atoms with Crippen LogP contribution in [-0.4, -0.2) is 32.2 Å². The zero-order valence-electron chi connectivity index (χ0n) is 16.8. The third-order valence-corrected chi connectivity index (χ3v) is 5.35. The van der Waals surface area contributed by atoms with Gasteiger partial charge in [-0.25, -0.2) is 4.39 Å². The highest BCUT2D eigenvalue weighted by molar-refractivity contribution is 6.33. The van der Waals surface area contributed by atoms with Crippen molar-refractivity contribution in [1.82, 2.24) is 19.6 Å². The molecule has 0 bridgehead atoms. The molecule has 0 saturated carbocycles. The highest BCUT2D eigenvalue weighted by Gasteiger charge is 2.28. The van der Waals surface area contributed by atoms with Crippen LogP contribution in [0, 0.1) is 30.0 Å². The van der Waals surface area contributed by atoms with Crippen LogP contribution in [-0.2, 0) is 0 Å². The predicted octanol–water partition coefficient (Wildman–Crippen LogP) is 4.80. The standard InChI is InChI=1S/C21H22ClFN6/c1-6-7-28(14(5)12(2)3)20-18(19(22)27-21-25-11-26-29(20)21)17-13(4)8-15(10-24)9-16(17)23/h6,8-9,11-12,14H,1,7H2,2-5H3/t14-/m1/s1. The SMILES string of the molecule is C=CCN(c1c(-c2c(C)cc(C#N)cc2F)c(Cl)nc2ncnn12)[C@H](C)C(C)C. The molecule has 150 valence electrons. The monoisotopic (exact) mass is 412 g/mol. The molecule has 0 spiro atoms. The van der Waals surface area contributed by atoms with Gasteiger partial charge in [0.05, 0.1) is 17.2 Å². The summed E-state index contributed by atoms with van der Waals surface area (Å²) >= 11 is 6.57. The summed E-state index contributed by atoms with van der Waals surface area (Å²) in [4.78, 5) is 10.5. The van der Waals surface area contributed by atoms with Crippen LogP contribution in [0.15, 0.2) is 31.1 Å². The third-order valence-electron chi connectivity index (χ3n) is 5.08. The lowest BCUT2D eigenvalue weighted by atomic mass is 9.97. The molecule has 1 atom stereocenters. The van der Waals surface area contributed by atoms with E-state index in [9.17, 15) is 0 Å². The molecule has 2 heterocycles. The Morgan fingerprint density at radius 1 is 1.34 bits per heavy atom. The molecule has 1 aromatic carbocycles. The number of nitrogens with zero attached hydrogens (tertiary/aromatic N) is 6. The van der Waals surface area contributed by atoms with Gasteiger partial charge in [-0.1, -0.05) is 31.5 Å². The lowest BCUT2D eigenvalue weighted by molar-refractivity contribution is 0.489. The highest BCUT2D eigenvalue weighted by atomic mass is 35.5. The smallest absolute Gasteiger partial charge is 0.255 e. The topological polar surface area (TPSA) is 70.1 Å². The highest BCUT2D eigenvalue weighted by Crippen LogP contribution is 2.40. The normalized spacial score (nSPS) is 12.2. The van der Waals surface area contributed by atoms with Crippen molar-refractivity contribution in [2.45, 2.75) is 33.7 Å². The largest absolute Gasteiger partial charge is 0.349 e. The fourth-order valence-corrected chi connectivity index (χ4v) is 3.61. The minimum atomic E-state index is -0.540. The molecule has 0 aliphatic carbocycles. The van der Waals surface area contributed by atoms with Gasteiger partial charge in [0, 0.05) is 18.2 Å². The van der Waals surface area contributed by atoms with Gasteiger partial charge >= 0.3 is 0 Å². The van der Waals surface area contributed by atoms with Crippen LogP contribution in [0.25, 0.3) is 16.9 Å². The van der Waals surface area contributed by atoms with Gasteiger partial charge in [-0.3, -0.25) is 0 Å². The molecule has 0 N–H and O–H groups in total. The second-order valence-corrected chi connectivity index (χ2v) is 7.62. The van der Waals surface area contributed by atoms with Gasteiger partial charge < -0.3 is 4.90 Å². The van der Waals surface area contributed by atoms with Crippen LogP contribution >= 0.6 is 11.6 Å². The number of benzene rings is 1. The summed E-state index contributed by atoms with van der Waals surface area (Å²) in [5, 5.41) is 13.6. The first-order valence-corrected chi connectivity index (χ1v) is 9.65. The first-order valence-electron chi connectivity index (χ1n) is 9.27. The maximum atomic E-state index is 15.2. The molecule has 29 heavy (non-hydrogen) atoms. The fraction of sp³-hybridized carbons (Fsp3) is 0.333. The van der Waals surface area contributed by atoms with Crippen LogP contribution < -0.4 is 4.90 Å². The van der Waals surface area contributed by atoms with Gasteiger partial charge in [-0.15, -0.1) is 6.58 Å². The number of hydrogen-bond acceptors (Lipinski definition) is 5. The predicted molar refractivity (Wildman–Crippen MR) is 112 cm³/mol. The molecule has 3 rings (SSSR count). The van der Waals surface area contributed by atoms with Gasteiger partial charge in [0.1, 0.15) is 23.1 Å². The second kappa shape index (κ2) is 8.18. The van der Waals surface area contributed by atoms with Crippen molar-refractivity contribution in [2.24, 2.45) is 5.92 Å². The lowest BCUT2D eigenvalue weighted by Gasteiger charge is -2.34. The number of anilines is 1. The number of fused-ring (bicyclic) bond motifs is 1. The number of rotatable bonds is 6. The summed E-state index contributed by atoms with van der Waals surface area (Å²) in [6.45, 7) is 12.4. The molecule has 0 saturated heterocycles. The van der Waals surface area contributed by atoms with E-state index in [0.717, 1.165) is 0 Å². The van der Waals surface area contributed by atoms with E-state index in [-0.39, 0.29) is 16.8 Å². The molecule has 3 aromatic rings.